The minimum atomic E-state index is -0.0212. The number of aromatic hydroxyl groups is 1. The van der Waals surface area contributed by atoms with Gasteiger partial charge in [-0.3, -0.25) is 9.69 Å². The summed E-state index contributed by atoms with van der Waals surface area (Å²) in [6.07, 6.45) is 0.758. The normalized spacial score (nSPS) is 19.6. The quantitative estimate of drug-likeness (QED) is 0.635. The van der Waals surface area contributed by atoms with Gasteiger partial charge in [0.2, 0.25) is 0 Å². The molecule has 1 saturated heterocycles. The molecule has 160 valence electrons. The number of piperazine rings is 1. The monoisotopic (exact) mass is 452 g/mol. The van der Waals surface area contributed by atoms with Gasteiger partial charge in [-0.1, -0.05) is 24.3 Å². The summed E-state index contributed by atoms with van der Waals surface area (Å²) < 4.78 is 0. The van der Waals surface area contributed by atoms with Crippen molar-refractivity contribution in [1.29, 1.82) is 0 Å². The number of hydrazone groups is 1. The second kappa shape index (κ2) is 8.82. The number of carbonyl (C=O) groups is 1. The van der Waals surface area contributed by atoms with Crippen LogP contribution in [0.25, 0.3) is 0 Å². The number of hydrogen-bond donors (Lipinski definition) is 1. The number of anilines is 1. The number of phenols is 1. The number of hydrogen-bond acceptors (Lipinski definition) is 7. The Morgan fingerprint density at radius 3 is 2.48 bits per heavy atom. The van der Waals surface area contributed by atoms with Crippen molar-refractivity contribution in [1.82, 2.24) is 9.91 Å². The Kier molecular flexibility index (Phi) is 5.76. The van der Waals surface area contributed by atoms with Crippen molar-refractivity contribution >= 4 is 40.0 Å². The maximum atomic E-state index is 13.3. The average Bonchev–Trinajstić information content (AvgIpc) is 3.55. The van der Waals surface area contributed by atoms with E-state index >= 15 is 0 Å². The van der Waals surface area contributed by atoms with Crippen LogP contribution in [0.5, 0.6) is 5.75 Å². The number of phenolic OH excluding ortho intramolecular Hbond substituents is 1. The Hall–Kier alpha value is -2.68. The second-order valence-corrected chi connectivity index (χ2v) is 9.68. The summed E-state index contributed by atoms with van der Waals surface area (Å²) in [7, 11) is 0. The van der Waals surface area contributed by atoms with E-state index in [1.165, 1.54) is 4.88 Å². The van der Waals surface area contributed by atoms with E-state index < -0.39 is 0 Å². The van der Waals surface area contributed by atoms with Gasteiger partial charge in [0.25, 0.3) is 5.91 Å². The van der Waals surface area contributed by atoms with E-state index in [2.05, 4.69) is 27.3 Å². The van der Waals surface area contributed by atoms with Crippen LogP contribution in [0.1, 0.15) is 22.2 Å². The van der Waals surface area contributed by atoms with Crippen molar-refractivity contribution in [3.63, 3.8) is 0 Å². The van der Waals surface area contributed by atoms with Gasteiger partial charge in [0.1, 0.15) is 5.75 Å². The fraction of sp³-hybridized carbons (Fsp3) is 0.304. The molecule has 1 fully saturated rings. The molecule has 2 aliphatic heterocycles. The van der Waals surface area contributed by atoms with Crippen molar-refractivity contribution in [3.8, 4) is 5.75 Å². The Morgan fingerprint density at radius 1 is 1.00 bits per heavy atom. The number of benzene rings is 1. The molecule has 0 radical (unpaired) electrons. The topological polar surface area (TPSA) is 59.4 Å². The number of para-hydroxylation sites is 2. The van der Waals surface area contributed by atoms with Crippen molar-refractivity contribution in [2.24, 2.45) is 5.10 Å². The van der Waals surface area contributed by atoms with Crippen LogP contribution >= 0.6 is 22.7 Å². The van der Waals surface area contributed by atoms with Gasteiger partial charge in [-0.2, -0.15) is 5.10 Å². The summed E-state index contributed by atoms with van der Waals surface area (Å²) in [6, 6.07) is 15.6. The molecule has 5 rings (SSSR count). The molecule has 2 aromatic heterocycles. The fourth-order valence-corrected chi connectivity index (χ4v) is 5.71. The van der Waals surface area contributed by atoms with Crippen LogP contribution in [0.2, 0.25) is 0 Å². The van der Waals surface area contributed by atoms with Crippen LogP contribution in [0, 0.1) is 0 Å². The van der Waals surface area contributed by atoms with Crippen LogP contribution in [0.15, 0.2) is 64.4 Å². The van der Waals surface area contributed by atoms with Gasteiger partial charge < -0.3 is 10.0 Å². The third-order valence-electron chi connectivity index (χ3n) is 5.80. The molecule has 31 heavy (non-hydrogen) atoms. The molecular formula is C23H24N4O2S2. The molecular weight excluding hydrogens is 428 g/mol. The maximum Gasteiger partial charge on any atom is 0.257 e. The van der Waals surface area contributed by atoms with E-state index in [0.717, 1.165) is 48.9 Å². The highest BCUT2D eigenvalue weighted by Crippen LogP contribution is 2.36. The van der Waals surface area contributed by atoms with E-state index in [9.17, 15) is 9.90 Å². The van der Waals surface area contributed by atoms with Crippen LogP contribution in [-0.4, -0.2) is 59.4 Å². The van der Waals surface area contributed by atoms with Crippen LogP contribution in [0.3, 0.4) is 0 Å². The van der Waals surface area contributed by atoms with Crippen molar-refractivity contribution < 1.29 is 9.90 Å². The molecule has 1 amide bonds. The first-order valence-electron chi connectivity index (χ1n) is 10.4. The number of rotatable bonds is 5. The molecule has 8 heteroatoms. The Balaban J connectivity index is 1.26. The number of amides is 1. The van der Waals surface area contributed by atoms with Gasteiger partial charge in [-0.25, -0.2) is 5.01 Å². The molecule has 6 nitrogen and oxygen atoms in total. The lowest BCUT2D eigenvalue weighted by atomic mass is 10.1. The van der Waals surface area contributed by atoms with E-state index in [1.807, 2.05) is 35.7 Å². The fourth-order valence-electron chi connectivity index (χ4n) is 4.18. The third-order valence-corrected chi connectivity index (χ3v) is 7.69. The molecule has 1 N–H and O–H groups in total. The smallest absolute Gasteiger partial charge is 0.257 e. The van der Waals surface area contributed by atoms with Crippen molar-refractivity contribution in [2.75, 3.05) is 37.6 Å². The first-order chi connectivity index (χ1) is 15.2. The van der Waals surface area contributed by atoms with Crippen LogP contribution in [0.4, 0.5) is 5.69 Å². The second-order valence-electron chi connectivity index (χ2n) is 7.75. The van der Waals surface area contributed by atoms with Gasteiger partial charge in [0, 0.05) is 37.5 Å². The standard InChI is InChI=1S/C23H24N4O2S2/c28-20-6-2-1-5-18(20)26-11-9-25(10-12-26)16-23(29)27-19(22-8-4-14-31-22)15-17(24-27)21-7-3-13-30-21/h1-8,13-14,19,28H,9-12,15-16H2/t19-/m0/s1. The minimum absolute atomic E-state index is 0.0212. The number of thiophene rings is 2. The molecule has 1 atom stereocenters. The Bertz CT molecular complexity index is 1060. The molecule has 3 aromatic rings. The third kappa shape index (κ3) is 4.23. The summed E-state index contributed by atoms with van der Waals surface area (Å²) in [5.41, 5.74) is 1.85. The Morgan fingerprint density at radius 2 is 1.77 bits per heavy atom. The average molecular weight is 453 g/mol. The highest BCUT2D eigenvalue weighted by Gasteiger charge is 2.35. The zero-order valence-corrected chi connectivity index (χ0v) is 18.7. The molecule has 0 spiro atoms. The summed E-state index contributed by atoms with van der Waals surface area (Å²) >= 11 is 3.34. The zero-order chi connectivity index (χ0) is 21.2. The highest BCUT2D eigenvalue weighted by atomic mass is 32.1. The van der Waals surface area contributed by atoms with Gasteiger partial charge in [0.05, 0.1) is 28.9 Å². The lowest BCUT2D eigenvalue weighted by molar-refractivity contribution is -0.134. The van der Waals surface area contributed by atoms with Gasteiger partial charge in [0.15, 0.2) is 0 Å². The van der Waals surface area contributed by atoms with Crippen LogP contribution in [-0.2, 0) is 4.79 Å². The lowest BCUT2D eigenvalue weighted by Gasteiger charge is -2.36. The molecule has 0 bridgehead atoms. The molecule has 0 saturated carbocycles. The van der Waals surface area contributed by atoms with E-state index in [4.69, 9.17) is 5.10 Å². The number of carbonyl (C=O) groups excluding carboxylic acids is 1. The van der Waals surface area contributed by atoms with E-state index in [-0.39, 0.29) is 11.9 Å². The lowest BCUT2D eigenvalue weighted by Crippen LogP contribution is -2.49. The molecule has 4 heterocycles. The van der Waals surface area contributed by atoms with E-state index in [0.29, 0.717) is 12.3 Å². The van der Waals surface area contributed by atoms with Crippen molar-refractivity contribution in [2.45, 2.75) is 12.5 Å². The Labute approximate surface area is 189 Å². The van der Waals surface area contributed by atoms with Gasteiger partial charge >= 0.3 is 0 Å². The van der Waals surface area contributed by atoms with Gasteiger partial charge in [-0.05, 0) is 35.0 Å². The molecule has 0 aliphatic carbocycles. The SMILES string of the molecule is O=C(CN1CCN(c2ccccc2O)CC1)N1N=C(c2cccs2)C[C@H]1c1cccs1. The number of nitrogens with zero attached hydrogens (tertiary/aromatic N) is 4. The maximum absolute atomic E-state index is 13.3. The first kappa shape index (κ1) is 20.2. The summed E-state index contributed by atoms with van der Waals surface area (Å²) in [5.74, 6) is 0.347. The molecule has 1 aromatic carbocycles. The first-order valence-corrected chi connectivity index (χ1v) is 12.2. The summed E-state index contributed by atoms with van der Waals surface area (Å²) in [4.78, 5) is 19.9. The highest BCUT2D eigenvalue weighted by molar-refractivity contribution is 7.12. The molecule has 2 aliphatic rings. The predicted molar refractivity (Wildman–Crippen MR) is 126 cm³/mol. The van der Waals surface area contributed by atoms with Gasteiger partial charge in [-0.15, -0.1) is 22.7 Å². The minimum Gasteiger partial charge on any atom is -0.506 e. The zero-order valence-electron chi connectivity index (χ0n) is 17.1. The molecule has 0 unspecified atom stereocenters. The van der Waals surface area contributed by atoms with E-state index in [1.54, 1.807) is 33.7 Å². The van der Waals surface area contributed by atoms with Crippen LogP contribution < -0.4 is 4.90 Å². The van der Waals surface area contributed by atoms with Crippen molar-refractivity contribution in [3.05, 3.63) is 69.0 Å². The predicted octanol–water partition coefficient (Wildman–Crippen LogP) is 4.02. The summed E-state index contributed by atoms with van der Waals surface area (Å²) in [5, 5.41) is 20.7. The largest absolute Gasteiger partial charge is 0.506 e. The summed E-state index contributed by atoms with van der Waals surface area (Å²) in [6.45, 7) is 3.47.